The minimum absolute atomic E-state index is 0.264. The Kier molecular flexibility index (Phi) is 17.1. The fraction of sp³-hybridized carbons (Fsp3) is 0.857. The summed E-state index contributed by atoms with van der Waals surface area (Å²) in [6.07, 6.45) is 19.0. The van der Waals surface area contributed by atoms with Gasteiger partial charge in [-0.05, 0) is 19.8 Å². The maximum atomic E-state index is 11.2. The zero-order valence-corrected chi connectivity index (χ0v) is 20.6. The van der Waals surface area contributed by atoms with Crippen molar-refractivity contribution in [1.82, 2.24) is 0 Å². The molecule has 154 valence electrons. The van der Waals surface area contributed by atoms with E-state index in [1.165, 1.54) is 77.0 Å². The van der Waals surface area contributed by atoms with E-state index in [2.05, 4.69) is 6.58 Å². The van der Waals surface area contributed by atoms with E-state index in [1.54, 1.807) is 6.92 Å². The van der Waals surface area contributed by atoms with Gasteiger partial charge in [0, 0.05) is 15.8 Å². The van der Waals surface area contributed by atoms with Gasteiger partial charge in [0.25, 0.3) is 0 Å². The van der Waals surface area contributed by atoms with Crippen LogP contribution >= 0.6 is 23.2 Å². The zero-order valence-electron chi connectivity index (χ0n) is 17.1. The monoisotopic (exact) mass is 422 g/mol. The smallest absolute Gasteiger partial charge is 0.333 e. The fourth-order valence-corrected chi connectivity index (χ4v) is 3.57. The topological polar surface area (TPSA) is 26.3 Å². The lowest BCUT2D eigenvalue weighted by Crippen LogP contribution is -2.11. The normalized spacial score (nSPS) is 11.7. The van der Waals surface area contributed by atoms with Crippen molar-refractivity contribution in [1.29, 1.82) is 0 Å². The molecule has 26 heavy (non-hydrogen) atoms. The van der Waals surface area contributed by atoms with Crippen LogP contribution in [0, 0.1) is 0 Å². The molecule has 0 atom stereocenters. The Labute approximate surface area is 174 Å². The van der Waals surface area contributed by atoms with Gasteiger partial charge in [0.15, 0.2) is 0 Å². The summed E-state index contributed by atoms with van der Waals surface area (Å²) < 4.78 is 4.68. The van der Waals surface area contributed by atoms with Crippen LogP contribution in [0.25, 0.3) is 0 Å². The quantitative estimate of drug-likeness (QED) is 0.0832. The number of carbonyl (C=O) groups excluding carboxylic acids is 1. The molecule has 0 unspecified atom stereocenters. The average Bonchev–Trinajstić information content (AvgIpc) is 2.56. The number of rotatable bonds is 18. The summed E-state index contributed by atoms with van der Waals surface area (Å²) in [4.78, 5) is 11.2. The Morgan fingerprint density at radius 1 is 0.808 bits per heavy atom. The van der Waals surface area contributed by atoms with Gasteiger partial charge in [0.1, 0.15) is 0 Å². The summed E-state index contributed by atoms with van der Waals surface area (Å²) in [6.45, 7) is 5.79. The Bertz CT molecular complexity index is 368. The first-order valence-electron chi connectivity index (χ1n) is 10.5. The lowest BCUT2D eigenvalue weighted by molar-refractivity contribution is -0.139. The van der Waals surface area contributed by atoms with E-state index >= 15 is 0 Å². The van der Waals surface area contributed by atoms with Crippen LogP contribution in [0.2, 0.25) is 0 Å². The fourth-order valence-electron chi connectivity index (χ4n) is 2.95. The lowest BCUT2D eigenvalue weighted by Gasteiger charge is -2.12. The molecule has 2 nitrogen and oxygen atoms in total. The molecule has 0 bridgehead atoms. The molecule has 0 radical (unpaired) electrons. The number of ether oxygens (including phenoxy) is 1. The van der Waals surface area contributed by atoms with E-state index < -0.39 is 3.96 Å². The van der Waals surface area contributed by atoms with Crippen molar-refractivity contribution in [3.63, 3.8) is 0 Å². The second-order valence-electron chi connectivity index (χ2n) is 7.69. The van der Waals surface area contributed by atoms with Crippen LogP contribution in [-0.4, -0.2) is 26.8 Å². The van der Waals surface area contributed by atoms with Gasteiger partial charge in [-0.25, -0.2) is 4.79 Å². The van der Waals surface area contributed by atoms with Gasteiger partial charge in [0.2, 0.25) is 0 Å². The molecule has 0 rings (SSSR count). The van der Waals surface area contributed by atoms with Crippen molar-refractivity contribution in [3.8, 4) is 0 Å². The molecule has 0 N–H and O–H groups in total. The van der Waals surface area contributed by atoms with Crippen LogP contribution in [0.15, 0.2) is 12.2 Å². The van der Waals surface area contributed by atoms with Gasteiger partial charge in [0.05, 0.1) is 10.6 Å². The van der Waals surface area contributed by atoms with Crippen molar-refractivity contribution >= 4 is 39.4 Å². The Hall–Kier alpha value is 0.00688. The third-order valence-corrected chi connectivity index (χ3v) is 5.47. The Morgan fingerprint density at radius 2 is 1.15 bits per heavy atom. The van der Waals surface area contributed by atoms with Crippen LogP contribution in [0.5, 0.6) is 0 Å². The number of carbonyl (C=O) groups is 1. The van der Waals surface area contributed by atoms with Crippen LogP contribution in [0.4, 0.5) is 0 Å². The van der Waals surface area contributed by atoms with Crippen molar-refractivity contribution in [3.05, 3.63) is 12.2 Å². The molecule has 0 aliphatic heterocycles. The molecular formula is C21H40Cl2O2Si. The highest BCUT2D eigenvalue weighted by Gasteiger charge is 2.14. The number of hydrogen-bond donors (Lipinski definition) is 0. The summed E-state index contributed by atoms with van der Waals surface area (Å²) in [6, 6.07) is 0. The van der Waals surface area contributed by atoms with Crippen molar-refractivity contribution in [2.75, 3.05) is 6.61 Å². The van der Waals surface area contributed by atoms with Gasteiger partial charge in [-0.15, -0.1) is 23.2 Å². The van der Waals surface area contributed by atoms with Crippen molar-refractivity contribution < 1.29 is 9.53 Å². The van der Waals surface area contributed by atoms with Crippen LogP contribution in [0.1, 0.15) is 103 Å². The maximum Gasteiger partial charge on any atom is 0.333 e. The largest absolute Gasteiger partial charge is 0.462 e. The summed E-state index contributed by atoms with van der Waals surface area (Å²) >= 11 is 12.1. The second-order valence-corrected chi connectivity index (χ2v) is 12.5. The van der Waals surface area contributed by atoms with Crippen LogP contribution in [-0.2, 0) is 9.53 Å². The zero-order chi connectivity index (χ0) is 19.7. The van der Waals surface area contributed by atoms with E-state index in [9.17, 15) is 4.79 Å². The molecule has 0 saturated heterocycles. The number of hydrogen-bond acceptors (Lipinski definition) is 2. The highest BCUT2D eigenvalue weighted by molar-refractivity contribution is 6.65. The van der Waals surface area contributed by atoms with E-state index in [4.69, 9.17) is 27.9 Å². The van der Waals surface area contributed by atoms with Crippen molar-refractivity contribution in [2.24, 2.45) is 0 Å². The Morgan fingerprint density at radius 3 is 1.50 bits per heavy atom. The average molecular weight is 424 g/mol. The van der Waals surface area contributed by atoms with Gasteiger partial charge in [-0.2, -0.15) is 0 Å². The molecule has 0 aromatic heterocycles. The highest BCUT2D eigenvalue weighted by Crippen LogP contribution is 2.24. The molecule has 0 aromatic carbocycles. The molecule has 0 spiro atoms. The highest BCUT2D eigenvalue weighted by atomic mass is 35.5. The van der Waals surface area contributed by atoms with Gasteiger partial charge >= 0.3 is 5.97 Å². The van der Waals surface area contributed by atoms with Gasteiger partial charge in [-0.3, -0.25) is 0 Å². The molecule has 0 heterocycles. The minimum atomic E-state index is -0.405. The third-order valence-electron chi connectivity index (χ3n) is 4.59. The maximum absolute atomic E-state index is 11.2. The SMILES string of the molecule is C=C(C)C(=O)OCCCCCCCCCCCCCCCCC([SiH3])(Cl)Cl. The van der Waals surface area contributed by atoms with Crippen LogP contribution in [0.3, 0.4) is 0 Å². The molecule has 5 heteroatoms. The molecule has 0 fully saturated rings. The minimum Gasteiger partial charge on any atom is -0.462 e. The first-order valence-corrected chi connectivity index (χ1v) is 12.3. The summed E-state index contributed by atoms with van der Waals surface area (Å²) in [5.74, 6) is -0.264. The predicted molar refractivity (Wildman–Crippen MR) is 119 cm³/mol. The van der Waals surface area contributed by atoms with Gasteiger partial charge < -0.3 is 4.74 Å². The summed E-state index contributed by atoms with van der Waals surface area (Å²) in [7, 11) is 0.858. The number of halogens is 2. The number of alkyl halides is 2. The number of esters is 1. The van der Waals surface area contributed by atoms with Gasteiger partial charge in [-0.1, -0.05) is 90.0 Å². The number of unbranched alkanes of at least 4 members (excludes halogenated alkanes) is 13. The van der Waals surface area contributed by atoms with E-state index in [0.717, 1.165) is 29.5 Å². The predicted octanol–water partition coefficient (Wildman–Crippen LogP) is 6.45. The van der Waals surface area contributed by atoms with E-state index in [-0.39, 0.29) is 5.97 Å². The molecule has 0 aliphatic carbocycles. The molecule has 0 saturated carbocycles. The molecule has 0 amide bonds. The summed E-state index contributed by atoms with van der Waals surface area (Å²) in [5.41, 5.74) is 0.483. The van der Waals surface area contributed by atoms with Crippen LogP contribution < -0.4 is 0 Å². The standard InChI is InChI=1S/C21H40Cl2O2Si/c1-19(2)20(24)25-18-16-14-12-10-8-6-4-3-5-7-9-11-13-15-17-21(22,23)26/h1,3-18H2,2,26H3. The van der Waals surface area contributed by atoms with Crippen molar-refractivity contribution in [2.45, 2.75) is 107 Å². The molecular weight excluding hydrogens is 383 g/mol. The molecule has 0 aromatic rings. The second kappa shape index (κ2) is 17.1. The first kappa shape index (κ1) is 26.0. The van der Waals surface area contributed by atoms with E-state index in [1.807, 2.05) is 0 Å². The molecule has 0 aliphatic rings. The lowest BCUT2D eigenvalue weighted by atomic mass is 10.0. The Balaban J connectivity index is 3.11. The first-order chi connectivity index (χ1) is 12.3. The third kappa shape index (κ3) is 20.3. The van der Waals surface area contributed by atoms with E-state index in [0.29, 0.717) is 12.2 Å². The summed E-state index contributed by atoms with van der Waals surface area (Å²) in [5, 5.41) is 0.